The highest BCUT2D eigenvalue weighted by Crippen LogP contribution is 2.01. The molecule has 6 nitrogen and oxygen atoms in total. The standard InChI is InChI=1S/C10H16N4O2/c11-10(15)9-7-12-8-14(9)2-1-13-3-5-16-6-4-13/h7-8H,1-6H2,(H2,11,15). The molecule has 0 radical (unpaired) electrons. The van der Waals surface area contributed by atoms with Crippen molar-refractivity contribution in [2.45, 2.75) is 6.54 Å². The van der Waals surface area contributed by atoms with Crippen molar-refractivity contribution >= 4 is 5.91 Å². The van der Waals surface area contributed by atoms with E-state index in [2.05, 4.69) is 9.88 Å². The van der Waals surface area contributed by atoms with Crippen molar-refractivity contribution < 1.29 is 9.53 Å². The molecule has 1 aromatic rings. The molecule has 1 amide bonds. The van der Waals surface area contributed by atoms with Gasteiger partial charge in [0, 0.05) is 26.2 Å². The first-order chi connectivity index (χ1) is 7.77. The van der Waals surface area contributed by atoms with Crippen LogP contribution < -0.4 is 5.73 Å². The highest BCUT2D eigenvalue weighted by molar-refractivity contribution is 5.90. The number of hydrogen-bond acceptors (Lipinski definition) is 4. The summed E-state index contributed by atoms with van der Waals surface area (Å²) in [6.45, 7) is 5.08. The van der Waals surface area contributed by atoms with Crippen molar-refractivity contribution in [1.82, 2.24) is 14.5 Å². The van der Waals surface area contributed by atoms with Crippen LogP contribution in [0.4, 0.5) is 0 Å². The zero-order valence-corrected chi connectivity index (χ0v) is 9.13. The minimum Gasteiger partial charge on any atom is -0.379 e. The van der Waals surface area contributed by atoms with E-state index in [-0.39, 0.29) is 0 Å². The minimum atomic E-state index is -0.431. The number of ether oxygens (including phenoxy) is 1. The second kappa shape index (κ2) is 5.09. The molecule has 1 aliphatic heterocycles. The highest BCUT2D eigenvalue weighted by Gasteiger charge is 2.12. The Balaban J connectivity index is 1.88. The van der Waals surface area contributed by atoms with Gasteiger partial charge in [0.15, 0.2) is 0 Å². The second-order valence-corrected chi connectivity index (χ2v) is 3.79. The number of imidazole rings is 1. The Morgan fingerprint density at radius 1 is 1.44 bits per heavy atom. The molecular formula is C10H16N4O2. The lowest BCUT2D eigenvalue weighted by atomic mass is 10.4. The monoisotopic (exact) mass is 224 g/mol. The van der Waals surface area contributed by atoms with E-state index in [1.165, 1.54) is 6.20 Å². The van der Waals surface area contributed by atoms with Gasteiger partial charge < -0.3 is 15.0 Å². The summed E-state index contributed by atoms with van der Waals surface area (Å²) in [4.78, 5) is 17.3. The van der Waals surface area contributed by atoms with Crippen LogP contribution in [-0.4, -0.2) is 53.2 Å². The molecule has 2 N–H and O–H groups in total. The van der Waals surface area contributed by atoms with Gasteiger partial charge in [-0.3, -0.25) is 9.69 Å². The van der Waals surface area contributed by atoms with Crippen molar-refractivity contribution in [3.05, 3.63) is 18.2 Å². The quantitative estimate of drug-likeness (QED) is 0.735. The van der Waals surface area contributed by atoms with Crippen molar-refractivity contribution in [3.8, 4) is 0 Å². The van der Waals surface area contributed by atoms with E-state index >= 15 is 0 Å². The van der Waals surface area contributed by atoms with E-state index in [1.807, 2.05) is 0 Å². The number of aromatic nitrogens is 2. The third-order valence-electron chi connectivity index (χ3n) is 2.73. The first-order valence-electron chi connectivity index (χ1n) is 5.37. The third kappa shape index (κ3) is 2.59. The molecule has 1 aromatic heterocycles. The molecule has 2 heterocycles. The fourth-order valence-corrected chi connectivity index (χ4v) is 1.78. The summed E-state index contributed by atoms with van der Waals surface area (Å²) < 4.78 is 7.05. The van der Waals surface area contributed by atoms with E-state index < -0.39 is 5.91 Å². The van der Waals surface area contributed by atoms with Crippen LogP contribution in [-0.2, 0) is 11.3 Å². The minimum absolute atomic E-state index is 0.431. The number of carbonyl (C=O) groups excluding carboxylic acids is 1. The molecule has 1 fully saturated rings. The fourth-order valence-electron chi connectivity index (χ4n) is 1.78. The predicted molar refractivity (Wildman–Crippen MR) is 58.0 cm³/mol. The summed E-state index contributed by atoms with van der Waals surface area (Å²) in [5.41, 5.74) is 5.70. The normalized spacial score (nSPS) is 17.5. The molecule has 16 heavy (non-hydrogen) atoms. The zero-order chi connectivity index (χ0) is 11.4. The van der Waals surface area contributed by atoms with Gasteiger partial charge in [-0.2, -0.15) is 0 Å². The van der Waals surface area contributed by atoms with E-state index in [0.717, 1.165) is 39.4 Å². The molecule has 0 spiro atoms. The van der Waals surface area contributed by atoms with Gasteiger partial charge in [0.25, 0.3) is 5.91 Å². The first-order valence-corrected chi connectivity index (χ1v) is 5.37. The molecule has 0 saturated carbocycles. The van der Waals surface area contributed by atoms with Crippen LogP contribution >= 0.6 is 0 Å². The summed E-state index contributed by atoms with van der Waals surface area (Å²) in [6.07, 6.45) is 3.14. The van der Waals surface area contributed by atoms with Crippen LogP contribution in [0, 0.1) is 0 Å². The first kappa shape index (κ1) is 11.1. The van der Waals surface area contributed by atoms with E-state index in [1.54, 1.807) is 10.9 Å². The topological polar surface area (TPSA) is 73.4 Å². The Morgan fingerprint density at radius 3 is 2.88 bits per heavy atom. The molecule has 1 saturated heterocycles. The number of hydrogen-bond donors (Lipinski definition) is 1. The van der Waals surface area contributed by atoms with Crippen LogP contribution in [0.5, 0.6) is 0 Å². The number of carbonyl (C=O) groups is 1. The zero-order valence-electron chi connectivity index (χ0n) is 9.13. The van der Waals surface area contributed by atoms with Crippen LogP contribution in [0.3, 0.4) is 0 Å². The van der Waals surface area contributed by atoms with Crippen LogP contribution in [0.2, 0.25) is 0 Å². The van der Waals surface area contributed by atoms with Gasteiger partial charge in [-0.1, -0.05) is 0 Å². The number of nitrogens with zero attached hydrogens (tertiary/aromatic N) is 3. The van der Waals surface area contributed by atoms with Gasteiger partial charge in [-0.25, -0.2) is 4.98 Å². The molecule has 1 aliphatic rings. The molecule has 88 valence electrons. The number of amides is 1. The summed E-state index contributed by atoms with van der Waals surface area (Å²) >= 11 is 0. The number of primary amides is 1. The molecule has 0 bridgehead atoms. The fraction of sp³-hybridized carbons (Fsp3) is 0.600. The number of nitrogens with two attached hydrogens (primary N) is 1. The van der Waals surface area contributed by atoms with E-state index in [0.29, 0.717) is 5.69 Å². The predicted octanol–water partition coefficient (Wildman–Crippen LogP) is -0.686. The van der Waals surface area contributed by atoms with Gasteiger partial charge in [0.1, 0.15) is 5.69 Å². The van der Waals surface area contributed by atoms with Gasteiger partial charge in [0.2, 0.25) is 0 Å². The van der Waals surface area contributed by atoms with E-state index in [4.69, 9.17) is 10.5 Å². The maximum Gasteiger partial charge on any atom is 0.266 e. The molecule has 0 atom stereocenters. The van der Waals surface area contributed by atoms with Crippen LogP contribution in [0.15, 0.2) is 12.5 Å². The molecule has 0 aromatic carbocycles. The third-order valence-corrected chi connectivity index (χ3v) is 2.73. The summed E-state index contributed by atoms with van der Waals surface area (Å²) in [5, 5.41) is 0. The van der Waals surface area contributed by atoms with Crippen molar-refractivity contribution in [2.75, 3.05) is 32.8 Å². The maximum absolute atomic E-state index is 11.1. The average Bonchev–Trinajstić information content (AvgIpc) is 2.76. The van der Waals surface area contributed by atoms with Crippen LogP contribution in [0.1, 0.15) is 10.5 Å². The van der Waals surface area contributed by atoms with E-state index in [9.17, 15) is 4.79 Å². The Morgan fingerprint density at radius 2 is 2.19 bits per heavy atom. The lowest BCUT2D eigenvalue weighted by Gasteiger charge is -2.26. The smallest absolute Gasteiger partial charge is 0.266 e. The molecule has 0 aliphatic carbocycles. The lowest BCUT2D eigenvalue weighted by molar-refractivity contribution is 0.0363. The van der Waals surface area contributed by atoms with Crippen molar-refractivity contribution in [3.63, 3.8) is 0 Å². The molecule has 0 unspecified atom stereocenters. The summed E-state index contributed by atoms with van der Waals surface area (Å²) in [7, 11) is 0. The highest BCUT2D eigenvalue weighted by atomic mass is 16.5. The Bertz CT molecular complexity index is 357. The van der Waals surface area contributed by atoms with Crippen molar-refractivity contribution in [2.24, 2.45) is 5.73 Å². The summed E-state index contributed by atoms with van der Waals surface area (Å²) in [5.74, 6) is -0.431. The molecule has 2 rings (SSSR count). The van der Waals surface area contributed by atoms with Gasteiger partial charge >= 0.3 is 0 Å². The largest absolute Gasteiger partial charge is 0.379 e. The molecular weight excluding hydrogens is 208 g/mol. The van der Waals surface area contributed by atoms with Crippen LogP contribution in [0.25, 0.3) is 0 Å². The number of rotatable bonds is 4. The summed E-state index contributed by atoms with van der Waals surface area (Å²) in [6, 6.07) is 0. The Hall–Kier alpha value is -1.40. The maximum atomic E-state index is 11.1. The van der Waals surface area contributed by atoms with Gasteiger partial charge in [-0.05, 0) is 0 Å². The van der Waals surface area contributed by atoms with Gasteiger partial charge in [0.05, 0.1) is 25.7 Å². The average molecular weight is 224 g/mol. The van der Waals surface area contributed by atoms with Gasteiger partial charge in [-0.15, -0.1) is 0 Å². The Kier molecular flexibility index (Phi) is 3.53. The Labute approximate surface area is 94.0 Å². The lowest BCUT2D eigenvalue weighted by Crippen LogP contribution is -2.38. The van der Waals surface area contributed by atoms with Crippen molar-refractivity contribution in [1.29, 1.82) is 0 Å². The SMILES string of the molecule is NC(=O)c1cncn1CCN1CCOCC1. The number of morpholine rings is 1. The second-order valence-electron chi connectivity index (χ2n) is 3.79. The molecule has 6 heteroatoms.